The number of Topliss-reactive ketones (excluding diaryl/α,β-unsaturated/α-hetero) is 1. The molecule has 6 nitrogen and oxygen atoms in total. The largest absolute Gasteiger partial charge is 0.458 e. The molecule has 0 bridgehead atoms. The molecule has 8 atom stereocenters. The zero-order valence-electron chi connectivity index (χ0n) is 29.1. The third-order valence-corrected chi connectivity index (χ3v) is 12.7. The van der Waals surface area contributed by atoms with Crippen molar-refractivity contribution in [2.75, 3.05) is 6.61 Å². The SMILES string of the molecule is CCCCCCCCCCCCCCCCC(=O)OCC(=O)[C@@]1(O)[C@H](C)C[C@H]2[C@@H]3CCC4=CC(=O)C=C[C@]4(C)[C@@]3(F)[C@@H](O)C[C@@]21C. The van der Waals surface area contributed by atoms with E-state index in [0.29, 0.717) is 31.3 Å². The van der Waals surface area contributed by atoms with E-state index < -0.39 is 58.4 Å². The van der Waals surface area contributed by atoms with Gasteiger partial charge in [0.1, 0.15) is 5.60 Å². The molecule has 260 valence electrons. The first-order chi connectivity index (χ1) is 21.9. The van der Waals surface area contributed by atoms with Crippen LogP contribution in [0.25, 0.3) is 0 Å². The summed E-state index contributed by atoms with van der Waals surface area (Å²) in [5, 5.41) is 23.6. The molecule has 0 unspecified atom stereocenters. The van der Waals surface area contributed by atoms with Crippen LogP contribution in [-0.2, 0) is 19.1 Å². The fourth-order valence-electron chi connectivity index (χ4n) is 9.93. The molecule has 0 aliphatic heterocycles. The summed E-state index contributed by atoms with van der Waals surface area (Å²) < 4.78 is 22.7. The van der Waals surface area contributed by atoms with Crippen molar-refractivity contribution in [3.8, 4) is 0 Å². The Morgan fingerprint density at radius 3 is 2.09 bits per heavy atom. The summed E-state index contributed by atoms with van der Waals surface area (Å²) in [5.41, 5.74) is -5.36. The molecule has 0 aromatic heterocycles. The number of aliphatic hydroxyl groups is 2. The van der Waals surface area contributed by atoms with Gasteiger partial charge in [0.2, 0.25) is 5.78 Å². The van der Waals surface area contributed by atoms with Gasteiger partial charge in [-0.15, -0.1) is 0 Å². The zero-order chi connectivity index (χ0) is 33.6. The van der Waals surface area contributed by atoms with Crippen LogP contribution in [0, 0.1) is 28.6 Å². The van der Waals surface area contributed by atoms with Crippen molar-refractivity contribution in [2.45, 2.75) is 167 Å². The number of hydrogen-bond acceptors (Lipinski definition) is 6. The topological polar surface area (TPSA) is 101 Å². The summed E-state index contributed by atoms with van der Waals surface area (Å²) in [6, 6.07) is 0. The molecule has 0 spiro atoms. The number of unbranched alkanes of at least 4 members (excludes halogenated alkanes) is 13. The Labute approximate surface area is 277 Å². The van der Waals surface area contributed by atoms with Crippen LogP contribution in [0.4, 0.5) is 4.39 Å². The molecule has 46 heavy (non-hydrogen) atoms. The third-order valence-electron chi connectivity index (χ3n) is 12.7. The second kappa shape index (κ2) is 15.6. The van der Waals surface area contributed by atoms with Crippen LogP contribution in [0.2, 0.25) is 0 Å². The fourth-order valence-corrected chi connectivity index (χ4v) is 9.93. The molecule has 0 heterocycles. The van der Waals surface area contributed by atoms with Crippen LogP contribution in [0.1, 0.15) is 150 Å². The molecule has 0 radical (unpaired) electrons. The summed E-state index contributed by atoms with van der Waals surface area (Å²) in [5.74, 6) is -2.59. The number of carbonyl (C=O) groups is 3. The number of aliphatic hydroxyl groups excluding tert-OH is 1. The molecular weight excluding hydrogens is 583 g/mol. The Bertz CT molecular complexity index is 1150. The van der Waals surface area contributed by atoms with Crippen molar-refractivity contribution in [1.82, 2.24) is 0 Å². The average Bonchev–Trinajstić information content (AvgIpc) is 3.22. The van der Waals surface area contributed by atoms with Gasteiger partial charge in [-0.3, -0.25) is 14.4 Å². The van der Waals surface area contributed by atoms with E-state index in [1.165, 1.54) is 82.8 Å². The number of alkyl halides is 1. The lowest BCUT2D eigenvalue weighted by Crippen LogP contribution is -2.69. The van der Waals surface area contributed by atoms with Gasteiger partial charge in [0, 0.05) is 23.2 Å². The molecule has 3 fully saturated rings. The average molecular weight is 645 g/mol. The van der Waals surface area contributed by atoms with Gasteiger partial charge in [0.05, 0.1) is 6.10 Å². The predicted molar refractivity (Wildman–Crippen MR) is 179 cm³/mol. The van der Waals surface area contributed by atoms with Crippen LogP contribution in [0.3, 0.4) is 0 Å². The van der Waals surface area contributed by atoms with Gasteiger partial charge >= 0.3 is 5.97 Å². The van der Waals surface area contributed by atoms with E-state index in [9.17, 15) is 24.6 Å². The van der Waals surface area contributed by atoms with Crippen molar-refractivity contribution in [1.29, 1.82) is 0 Å². The lowest BCUT2D eigenvalue weighted by molar-refractivity contribution is -0.220. The van der Waals surface area contributed by atoms with Gasteiger partial charge < -0.3 is 14.9 Å². The smallest absolute Gasteiger partial charge is 0.306 e. The fraction of sp³-hybridized carbons (Fsp3) is 0.821. The number of fused-ring (bicyclic) bond motifs is 5. The predicted octanol–water partition coefficient (Wildman–Crippen LogP) is 8.32. The number of ether oxygens (including phenoxy) is 1. The van der Waals surface area contributed by atoms with E-state index in [1.807, 2.05) is 0 Å². The van der Waals surface area contributed by atoms with E-state index >= 15 is 4.39 Å². The molecule has 0 aromatic rings. The molecule has 4 aliphatic carbocycles. The lowest BCUT2D eigenvalue weighted by atomic mass is 9.44. The molecule has 0 aromatic carbocycles. The van der Waals surface area contributed by atoms with Crippen LogP contribution in [0.15, 0.2) is 23.8 Å². The van der Waals surface area contributed by atoms with Gasteiger partial charge in [-0.05, 0) is 63.0 Å². The van der Waals surface area contributed by atoms with E-state index in [2.05, 4.69) is 6.92 Å². The summed E-state index contributed by atoms with van der Waals surface area (Å²) in [6.45, 7) is 7.09. The van der Waals surface area contributed by atoms with Gasteiger partial charge in [-0.1, -0.05) is 116 Å². The number of esters is 1. The van der Waals surface area contributed by atoms with Crippen LogP contribution >= 0.6 is 0 Å². The van der Waals surface area contributed by atoms with Crippen LogP contribution in [-0.4, -0.2) is 51.7 Å². The molecular formula is C39H61FO6. The van der Waals surface area contributed by atoms with Gasteiger partial charge in [0.15, 0.2) is 18.1 Å². The Morgan fingerprint density at radius 1 is 0.935 bits per heavy atom. The first-order valence-electron chi connectivity index (χ1n) is 18.6. The number of hydrogen-bond donors (Lipinski definition) is 2. The molecule has 7 heteroatoms. The van der Waals surface area contributed by atoms with Crippen molar-refractivity contribution >= 4 is 17.5 Å². The number of rotatable bonds is 18. The van der Waals surface area contributed by atoms with E-state index in [0.717, 1.165) is 12.8 Å². The Kier molecular flexibility index (Phi) is 12.5. The number of ketones is 2. The quantitative estimate of drug-likeness (QED) is 0.115. The molecule has 0 amide bonds. The van der Waals surface area contributed by atoms with E-state index in [-0.39, 0.29) is 24.5 Å². The highest BCUT2D eigenvalue weighted by Gasteiger charge is 2.75. The molecule has 3 saturated carbocycles. The summed E-state index contributed by atoms with van der Waals surface area (Å²) in [4.78, 5) is 38.3. The minimum atomic E-state index is -2.02. The minimum absolute atomic E-state index is 0.0884. The van der Waals surface area contributed by atoms with Gasteiger partial charge in [0.25, 0.3) is 0 Å². The maximum Gasteiger partial charge on any atom is 0.306 e. The number of allylic oxidation sites excluding steroid dienone is 4. The minimum Gasteiger partial charge on any atom is -0.458 e. The Hall–Kier alpha value is -1.86. The van der Waals surface area contributed by atoms with Crippen molar-refractivity contribution in [3.63, 3.8) is 0 Å². The Morgan fingerprint density at radius 2 is 1.50 bits per heavy atom. The van der Waals surface area contributed by atoms with Crippen molar-refractivity contribution < 1.29 is 33.7 Å². The normalized spacial score (nSPS) is 36.5. The molecule has 4 aliphatic rings. The van der Waals surface area contributed by atoms with Crippen molar-refractivity contribution in [3.05, 3.63) is 23.8 Å². The second-order valence-electron chi connectivity index (χ2n) is 15.6. The highest BCUT2D eigenvalue weighted by Crippen LogP contribution is 2.70. The number of carbonyl (C=O) groups excluding carboxylic acids is 3. The Balaban J connectivity index is 1.21. The van der Waals surface area contributed by atoms with Gasteiger partial charge in [-0.2, -0.15) is 0 Å². The lowest BCUT2D eigenvalue weighted by Gasteiger charge is -2.62. The highest BCUT2D eigenvalue weighted by molar-refractivity contribution is 6.01. The molecule has 4 rings (SSSR count). The third kappa shape index (κ3) is 6.97. The van der Waals surface area contributed by atoms with E-state index in [4.69, 9.17) is 4.74 Å². The monoisotopic (exact) mass is 644 g/mol. The molecule has 2 N–H and O–H groups in total. The summed E-state index contributed by atoms with van der Waals surface area (Å²) in [6.07, 6.45) is 21.8. The van der Waals surface area contributed by atoms with Crippen molar-refractivity contribution in [2.24, 2.45) is 28.6 Å². The number of halogens is 1. The maximum atomic E-state index is 17.3. The zero-order valence-corrected chi connectivity index (χ0v) is 29.1. The maximum absolute atomic E-state index is 17.3. The molecule has 0 saturated heterocycles. The van der Waals surface area contributed by atoms with E-state index in [1.54, 1.807) is 26.8 Å². The first-order valence-corrected chi connectivity index (χ1v) is 18.6. The summed E-state index contributed by atoms with van der Waals surface area (Å²) in [7, 11) is 0. The second-order valence-corrected chi connectivity index (χ2v) is 15.6. The van der Waals surface area contributed by atoms with Crippen LogP contribution < -0.4 is 0 Å². The highest BCUT2D eigenvalue weighted by atomic mass is 19.1. The van der Waals surface area contributed by atoms with Gasteiger partial charge in [-0.25, -0.2) is 4.39 Å². The first kappa shape index (κ1) is 37.0. The summed E-state index contributed by atoms with van der Waals surface area (Å²) >= 11 is 0. The van der Waals surface area contributed by atoms with Crippen LogP contribution in [0.5, 0.6) is 0 Å². The standard InChI is InChI=1S/C39H61FO6/c1-5-6-7-8-9-10-11-12-13-14-15-16-17-18-19-35(44)46-27-34(43)39(45)28(2)24-32-31-21-20-29-25-30(41)22-23-36(29,3)38(31,40)33(42)26-37(32,39)4/h22-23,25,28,31-33,42,45H,5-21,24,26-27H2,1-4H3/t28-,31+,32+,33+,36+,37+,38+,39+/m1/s1.